The van der Waals surface area contributed by atoms with Crippen molar-refractivity contribution in [3.05, 3.63) is 35.5 Å². The van der Waals surface area contributed by atoms with Gasteiger partial charge in [-0.25, -0.2) is 9.97 Å². The van der Waals surface area contributed by atoms with Gasteiger partial charge in [0.15, 0.2) is 0 Å². The molecule has 23 heavy (non-hydrogen) atoms. The Hall–Kier alpha value is -2.18. The fourth-order valence-corrected chi connectivity index (χ4v) is 2.68. The van der Waals surface area contributed by atoms with E-state index in [4.69, 9.17) is 22.1 Å². The number of amides is 1. The van der Waals surface area contributed by atoms with Crippen molar-refractivity contribution in [1.82, 2.24) is 9.97 Å². The summed E-state index contributed by atoms with van der Waals surface area (Å²) in [6.07, 6.45) is 3.22. The lowest BCUT2D eigenvalue weighted by atomic mass is 10.0. The number of rotatable bonds is 3. The van der Waals surface area contributed by atoms with E-state index in [-0.39, 0.29) is 11.8 Å². The van der Waals surface area contributed by atoms with E-state index in [1.54, 1.807) is 18.2 Å². The van der Waals surface area contributed by atoms with Crippen molar-refractivity contribution in [3.8, 4) is 11.3 Å². The lowest BCUT2D eigenvalue weighted by Gasteiger charge is -2.21. The highest BCUT2D eigenvalue weighted by atomic mass is 35.5. The van der Waals surface area contributed by atoms with E-state index < -0.39 is 0 Å². The van der Waals surface area contributed by atoms with Gasteiger partial charge in [-0.05, 0) is 31.0 Å². The molecule has 1 aliphatic rings. The van der Waals surface area contributed by atoms with E-state index in [1.807, 2.05) is 6.07 Å². The van der Waals surface area contributed by atoms with E-state index in [1.165, 1.54) is 6.20 Å². The predicted octanol–water partition coefficient (Wildman–Crippen LogP) is 2.74. The maximum Gasteiger partial charge on any atom is 0.230 e. The number of aromatic nitrogens is 2. The first-order valence-corrected chi connectivity index (χ1v) is 7.78. The highest BCUT2D eigenvalue weighted by Gasteiger charge is 2.22. The number of nitrogens with two attached hydrogens (primary N) is 1. The molecule has 7 heteroatoms. The van der Waals surface area contributed by atoms with Crippen LogP contribution in [0.3, 0.4) is 0 Å². The van der Waals surface area contributed by atoms with Gasteiger partial charge in [-0.15, -0.1) is 0 Å². The van der Waals surface area contributed by atoms with Crippen LogP contribution in [-0.2, 0) is 9.53 Å². The number of hydrogen-bond acceptors (Lipinski definition) is 5. The minimum absolute atomic E-state index is 0.0744. The van der Waals surface area contributed by atoms with Gasteiger partial charge in [0.1, 0.15) is 11.6 Å². The Bertz CT molecular complexity index is 717. The zero-order valence-electron chi connectivity index (χ0n) is 12.5. The highest BCUT2D eigenvalue weighted by Crippen LogP contribution is 2.28. The number of halogens is 1. The molecule has 0 saturated carbocycles. The summed E-state index contributed by atoms with van der Waals surface area (Å²) in [4.78, 5) is 20.6. The van der Waals surface area contributed by atoms with Crippen LogP contribution in [0.2, 0.25) is 5.02 Å². The fraction of sp³-hybridized carbons (Fsp3) is 0.312. The molecule has 2 aromatic heterocycles. The molecule has 6 nitrogen and oxygen atoms in total. The van der Waals surface area contributed by atoms with Gasteiger partial charge in [0.25, 0.3) is 0 Å². The number of carbonyl (C=O) groups is 1. The Balaban J connectivity index is 1.79. The zero-order valence-corrected chi connectivity index (χ0v) is 13.2. The molecule has 1 atom stereocenters. The van der Waals surface area contributed by atoms with E-state index in [0.29, 0.717) is 34.5 Å². The van der Waals surface area contributed by atoms with Gasteiger partial charge in [0.2, 0.25) is 5.91 Å². The van der Waals surface area contributed by atoms with Crippen molar-refractivity contribution >= 4 is 29.1 Å². The quantitative estimate of drug-likeness (QED) is 0.902. The van der Waals surface area contributed by atoms with Gasteiger partial charge in [0.05, 0.1) is 23.2 Å². The summed E-state index contributed by atoms with van der Waals surface area (Å²) in [5, 5.41) is 3.29. The second kappa shape index (κ2) is 6.93. The summed E-state index contributed by atoms with van der Waals surface area (Å²) in [5.74, 6) is 0.633. The third kappa shape index (κ3) is 3.78. The number of nitrogens with zero attached hydrogens (tertiary/aromatic N) is 2. The Morgan fingerprint density at radius 3 is 3.09 bits per heavy atom. The first-order chi connectivity index (χ1) is 11.1. The average Bonchev–Trinajstić information content (AvgIpc) is 2.58. The Kier molecular flexibility index (Phi) is 4.73. The van der Waals surface area contributed by atoms with E-state index in [0.717, 1.165) is 19.4 Å². The monoisotopic (exact) mass is 332 g/mol. The van der Waals surface area contributed by atoms with Crippen LogP contribution in [-0.4, -0.2) is 29.1 Å². The lowest BCUT2D eigenvalue weighted by molar-refractivity contribution is -0.123. The van der Waals surface area contributed by atoms with Gasteiger partial charge in [-0.2, -0.15) is 0 Å². The molecular formula is C16H17ClN4O2. The summed E-state index contributed by atoms with van der Waals surface area (Å²) < 4.78 is 5.34. The smallest absolute Gasteiger partial charge is 0.230 e. The van der Waals surface area contributed by atoms with Crippen LogP contribution in [0.5, 0.6) is 0 Å². The third-order valence-corrected chi connectivity index (χ3v) is 3.99. The molecule has 120 valence electrons. The van der Waals surface area contributed by atoms with Crippen LogP contribution in [0.25, 0.3) is 11.3 Å². The molecule has 0 aromatic carbocycles. The summed E-state index contributed by atoms with van der Waals surface area (Å²) in [7, 11) is 0. The molecule has 1 fully saturated rings. The number of pyridine rings is 2. The molecule has 2 aromatic rings. The zero-order chi connectivity index (χ0) is 16.2. The average molecular weight is 333 g/mol. The molecule has 3 heterocycles. The normalized spacial score (nSPS) is 17.7. The summed E-state index contributed by atoms with van der Waals surface area (Å²) in [6, 6.07) is 7.01. The number of hydrogen-bond donors (Lipinski definition) is 2. The first-order valence-electron chi connectivity index (χ1n) is 7.40. The first kappa shape index (κ1) is 15.7. The largest absolute Gasteiger partial charge is 0.384 e. The minimum atomic E-state index is -0.130. The van der Waals surface area contributed by atoms with Gasteiger partial charge in [0, 0.05) is 18.4 Å². The van der Waals surface area contributed by atoms with Crippen LogP contribution < -0.4 is 11.1 Å². The van der Waals surface area contributed by atoms with Crippen molar-refractivity contribution in [3.63, 3.8) is 0 Å². The molecule has 1 amide bonds. The van der Waals surface area contributed by atoms with Crippen molar-refractivity contribution < 1.29 is 9.53 Å². The minimum Gasteiger partial charge on any atom is -0.384 e. The maximum atomic E-state index is 12.2. The van der Waals surface area contributed by atoms with E-state index >= 15 is 0 Å². The van der Waals surface area contributed by atoms with Crippen LogP contribution >= 0.6 is 11.6 Å². The predicted molar refractivity (Wildman–Crippen MR) is 89.1 cm³/mol. The summed E-state index contributed by atoms with van der Waals surface area (Å²) in [6.45, 7) is 1.18. The number of anilines is 2. The molecule has 3 N–H and O–H groups in total. The second-order valence-electron chi connectivity index (χ2n) is 5.40. The van der Waals surface area contributed by atoms with Crippen molar-refractivity contribution in [2.75, 3.05) is 24.3 Å². The van der Waals surface area contributed by atoms with Crippen molar-refractivity contribution in [1.29, 1.82) is 0 Å². The number of nitrogen functional groups attached to an aromatic ring is 1. The number of carbonyl (C=O) groups excluding carboxylic acids is 1. The van der Waals surface area contributed by atoms with Crippen LogP contribution in [0, 0.1) is 5.92 Å². The van der Waals surface area contributed by atoms with Crippen molar-refractivity contribution in [2.24, 2.45) is 5.92 Å². The maximum absolute atomic E-state index is 12.2. The lowest BCUT2D eigenvalue weighted by Crippen LogP contribution is -2.30. The SMILES string of the molecule is Nc1cc(-c2cccc(NC(=O)C3CCCOC3)n2)c(Cl)cn1. The molecule has 0 aliphatic carbocycles. The molecule has 1 aliphatic heterocycles. The fourth-order valence-electron chi connectivity index (χ4n) is 2.48. The molecule has 0 radical (unpaired) electrons. The van der Waals surface area contributed by atoms with Gasteiger partial charge in [-0.3, -0.25) is 4.79 Å². The molecule has 1 unspecified atom stereocenters. The number of ether oxygens (including phenoxy) is 1. The van der Waals surface area contributed by atoms with Crippen LogP contribution in [0.4, 0.5) is 11.6 Å². The number of nitrogens with one attached hydrogen (secondary N) is 1. The van der Waals surface area contributed by atoms with Gasteiger partial charge < -0.3 is 15.8 Å². The van der Waals surface area contributed by atoms with E-state index in [2.05, 4.69) is 15.3 Å². The molecule has 1 saturated heterocycles. The molecular weight excluding hydrogens is 316 g/mol. The third-order valence-electron chi connectivity index (χ3n) is 3.68. The standard InChI is InChI=1S/C16H17ClN4O2/c17-12-8-19-14(18)7-11(12)13-4-1-5-15(20-13)21-16(22)10-3-2-6-23-9-10/h1,4-5,7-8,10H,2-3,6,9H2,(H2,18,19)(H,20,21,22). The van der Waals surface area contributed by atoms with Gasteiger partial charge >= 0.3 is 0 Å². The highest BCUT2D eigenvalue weighted by molar-refractivity contribution is 6.33. The van der Waals surface area contributed by atoms with E-state index in [9.17, 15) is 4.79 Å². The molecule has 3 rings (SSSR count). The molecule has 0 bridgehead atoms. The summed E-state index contributed by atoms with van der Waals surface area (Å²) in [5.41, 5.74) is 7.00. The topological polar surface area (TPSA) is 90.1 Å². The summed E-state index contributed by atoms with van der Waals surface area (Å²) >= 11 is 6.15. The second-order valence-corrected chi connectivity index (χ2v) is 5.81. The molecule has 0 spiro atoms. The van der Waals surface area contributed by atoms with Crippen molar-refractivity contribution in [2.45, 2.75) is 12.8 Å². The Labute approximate surface area is 139 Å². The Morgan fingerprint density at radius 2 is 2.30 bits per heavy atom. The Morgan fingerprint density at radius 1 is 1.43 bits per heavy atom. The van der Waals surface area contributed by atoms with Gasteiger partial charge in [-0.1, -0.05) is 17.7 Å². The van der Waals surface area contributed by atoms with Crippen LogP contribution in [0.1, 0.15) is 12.8 Å². The van der Waals surface area contributed by atoms with Crippen LogP contribution in [0.15, 0.2) is 30.5 Å².